The summed E-state index contributed by atoms with van der Waals surface area (Å²) in [6, 6.07) is 2.82. The van der Waals surface area contributed by atoms with E-state index in [-0.39, 0.29) is 24.4 Å². The van der Waals surface area contributed by atoms with Crippen molar-refractivity contribution in [1.29, 1.82) is 0 Å². The minimum atomic E-state index is -0.367. The number of hydrogen-bond acceptors (Lipinski definition) is 4. The van der Waals surface area contributed by atoms with E-state index in [1.807, 2.05) is 0 Å². The Hall–Kier alpha value is -0.720. The van der Waals surface area contributed by atoms with Crippen molar-refractivity contribution in [2.24, 2.45) is 0 Å². The molecule has 1 saturated heterocycles. The quantitative estimate of drug-likeness (QED) is 0.886. The predicted molar refractivity (Wildman–Crippen MR) is 81.5 cm³/mol. The predicted octanol–water partition coefficient (Wildman–Crippen LogP) is 2.35. The highest BCUT2D eigenvalue weighted by Crippen LogP contribution is 2.35. The fourth-order valence-electron chi connectivity index (χ4n) is 1.79. The van der Waals surface area contributed by atoms with Crippen molar-refractivity contribution in [3.05, 3.63) is 22.2 Å². The lowest BCUT2D eigenvalue weighted by Crippen LogP contribution is -2.48. The van der Waals surface area contributed by atoms with E-state index in [1.54, 1.807) is 12.1 Å². The average Bonchev–Trinajstić information content (AvgIpc) is 2.39. The molecule has 1 heterocycles. The number of carbonyl (C=O) groups is 1. The molecular formula is C12H15Cl3N2O3. The van der Waals surface area contributed by atoms with E-state index in [1.165, 1.54) is 7.11 Å². The van der Waals surface area contributed by atoms with Crippen LogP contribution in [0.2, 0.25) is 10.0 Å². The highest BCUT2D eigenvalue weighted by atomic mass is 35.5. The third-order valence-electron chi connectivity index (χ3n) is 2.71. The topological polar surface area (TPSA) is 59.6 Å². The molecule has 1 fully saturated rings. The number of morpholine rings is 1. The summed E-state index contributed by atoms with van der Waals surface area (Å²) in [4.78, 5) is 12.0. The number of amides is 1. The van der Waals surface area contributed by atoms with Crippen LogP contribution in [0.25, 0.3) is 0 Å². The van der Waals surface area contributed by atoms with Gasteiger partial charge in [0.25, 0.3) is 0 Å². The van der Waals surface area contributed by atoms with E-state index in [0.29, 0.717) is 41.2 Å². The van der Waals surface area contributed by atoms with Gasteiger partial charge >= 0.3 is 0 Å². The number of ether oxygens (including phenoxy) is 2. The summed E-state index contributed by atoms with van der Waals surface area (Å²) in [5.41, 5.74) is 0.521. The Bertz CT molecular complexity index is 456. The largest absolute Gasteiger partial charge is 0.494 e. The Morgan fingerprint density at radius 1 is 1.45 bits per heavy atom. The zero-order valence-electron chi connectivity index (χ0n) is 10.7. The van der Waals surface area contributed by atoms with Crippen LogP contribution in [-0.4, -0.2) is 38.8 Å². The van der Waals surface area contributed by atoms with Gasteiger partial charge in [-0.25, -0.2) is 0 Å². The number of nitrogens with one attached hydrogen (secondary N) is 2. The van der Waals surface area contributed by atoms with E-state index in [9.17, 15) is 4.79 Å². The first-order chi connectivity index (χ1) is 9.11. The van der Waals surface area contributed by atoms with Crippen molar-refractivity contribution in [2.45, 2.75) is 6.04 Å². The molecule has 0 radical (unpaired) electrons. The molecule has 0 aliphatic carbocycles. The summed E-state index contributed by atoms with van der Waals surface area (Å²) in [6.07, 6.45) is 0. The lowest BCUT2D eigenvalue weighted by atomic mass is 10.2. The fraction of sp³-hybridized carbons (Fsp3) is 0.417. The Morgan fingerprint density at radius 3 is 2.60 bits per heavy atom. The number of hydrogen-bond donors (Lipinski definition) is 2. The molecule has 1 aliphatic heterocycles. The maximum absolute atomic E-state index is 12.0. The van der Waals surface area contributed by atoms with Crippen LogP contribution in [0.1, 0.15) is 0 Å². The first kappa shape index (κ1) is 17.3. The maximum atomic E-state index is 12.0. The molecule has 1 atom stereocenters. The molecule has 20 heavy (non-hydrogen) atoms. The second-order valence-electron chi connectivity index (χ2n) is 4.04. The smallest absolute Gasteiger partial charge is 0.243 e. The monoisotopic (exact) mass is 340 g/mol. The van der Waals surface area contributed by atoms with Crippen LogP contribution in [0.3, 0.4) is 0 Å². The minimum absolute atomic E-state index is 0. The van der Waals surface area contributed by atoms with Gasteiger partial charge in [-0.15, -0.1) is 12.4 Å². The van der Waals surface area contributed by atoms with Crippen LogP contribution in [0.5, 0.6) is 5.75 Å². The summed E-state index contributed by atoms with van der Waals surface area (Å²) in [7, 11) is 1.48. The molecule has 2 rings (SSSR count). The average molecular weight is 342 g/mol. The molecule has 0 aromatic heterocycles. The van der Waals surface area contributed by atoms with Gasteiger partial charge in [0, 0.05) is 12.2 Å². The van der Waals surface area contributed by atoms with Crippen LogP contribution in [-0.2, 0) is 9.53 Å². The van der Waals surface area contributed by atoms with Crippen LogP contribution in [0, 0.1) is 0 Å². The Morgan fingerprint density at radius 2 is 2.10 bits per heavy atom. The van der Waals surface area contributed by atoms with Crippen LogP contribution in [0.4, 0.5) is 5.69 Å². The van der Waals surface area contributed by atoms with Gasteiger partial charge in [-0.1, -0.05) is 23.2 Å². The van der Waals surface area contributed by atoms with Crippen LogP contribution >= 0.6 is 35.6 Å². The standard InChI is InChI=1S/C12H14Cl2N2O3.ClH/c1-18-11-8(13)4-7(5-9(11)14)16-12(17)10-6-19-3-2-15-10;/h4-5,10,15H,2-3,6H2,1H3,(H,16,17);1H. The third kappa shape index (κ3) is 4.14. The van der Waals surface area contributed by atoms with Crippen molar-refractivity contribution in [3.63, 3.8) is 0 Å². The lowest BCUT2D eigenvalue weighted by Gasteiger charge is -2.23. The second-order valence-corrected chi connectivity index (χ2v) is 4.86. The number of benzene rings is 1. The summed E-state index contributed by atoms with van der Waals surface area (Å²) in [5, 5.41) is 6.49. The zero-order chi connectivity index (χ0) is 13.8. The second kappa shape index (κ2) is 7.90. The van der Waals surface area contributed by atoms with Gasteiger partial charge in [-0.2, -0.15) is 0 Å². The molecule has 0 spiro atoms. The van der Waals surface area contributed by atoms with E-state index in [0.717, 1.165) is 0 Å². The molecule has 1 aromatic carbocycles. The zero-order valence-corrected chi connectivity index (χ0v) is 13.1. The molecule has 5 nitrogen and oxygen atoms in total. The Labute approximate surface area is 133 Å². The highest BCUT2D eigenvalue weighted by molar-refractivity contribution is 6.37. The van der Waals surface area contributed by atoms with E-state index in [2.05, 4.69) is 10.6 Å². The van der Waals surface area contributed by atoms with Crippen molar-refractivity contribution < 1.29 is 14.3 Å². The minimum Gasteiger partial charge on any atom is -0.494 e. The lowest BCUT2D eigenvalue weighted by molar-refractivity contribution is -0.120. The molecule has 1 aromatic rings. The van der Waals surface area contributed by atoms with Gasteiger partial charge in [-0.05, 0) is 12.1 Å². The van der Waals surface area contributed by atoms with Gasteiger partial charge in [0.05, 0.1) is 30.4 Å². The van der Waals surface area contributed by atoms with E-state index >= 15 is 0 Å². The maximum Gasteiger partial charge on any atom is 0.243 e. The molecule has 8 heteroatoms. The highest BCUT2D eigenvalue weighted by Gasteiger charge is 2.21. The molecular weight excluding hydrogens is 327 g/mol. The summed E-state index contributed by atoms with van der Waals surface area (Å²) >= 11 is 12.0. The molecule has 2 N–H and O–H groups in total. The van der Waals surface area contributed by atoms with Gasteiger partial charge < -0.3 is 20.1 Å². The van der Waals surface area contributed by atoms with Crippen molar-refractivity contribution in [2.75, 3.05) is 32.2 Å². The van der Waals surface area contributed by atoms with Crippen LogP contribution < -0.4 is 15.4 Å². The van der Waals surface area contributed by atoms with Gasteiger partial charge in [0.1, 0.15) is 6.04 Å². The van der Waals surface area contributed by atoms with Crippen molar-refractivity contribution in [1.82, 2.24) is 5.32 Å². The van der Waals surface area contributed by atoms with Gasteiger partial charge in [-0.3, -0.25) is 4.79 Å². The first-order valence-electron chi connectivity index (χ1n) is 5.77. The number of rotatable bonds is 3. The number of methoxy groups -OCH3 is 1. The fourth-order valence-corrected chi connectivity index (χ4v) is 2.43. The Kier molecular flexibility index (Phi) is 6.85. The number of anilines is 1. The first-order valence-corrected chi connectivity index (χ1v) is 6.52. The van der Waals surface area contributed by atoms with Crippen LogP contribution in [0.15, 0.2) is 12.1 Å². The molecule has 112 valence electrons. The molecule has 1 unspecified atom stereocenters. The molecule has 0 bridgehead atoms. The van der Waals surface area contributed by atoms with Crippen molar-refractivity contribution >= 4 is 47.2 Å². The van der Waals surface area contributed by atoms with Gasteiger partial charge in [0.15, 0.2) is 5.75 Å². The van der Waals surface area contributed by atoms with Crippen molar-refractivity contribution in [3.8, 4) is 5.75 Å². The van der Waals surface area contributed by atoms with Gasteiger partial charge in [0.2, 0.25) is 5.91 Å². The molecule has 1 aliphatic rings. The molecule has 0 saturated carbocycles. The number of carbonyl (C=O) groups excluding carboxylic acids is 1. The van der Waals surface area contributed by atoms with E-state index < -0.39 is 0 Å². The SMILES string of the molecule is COc1c(Cl)cc(NC(=O)C2COCCN2)cc1Cl.Cl. The third-order valence-corrected chi connectivity index (χ3v) is 3.27. The number of halogens is 3. The summed E-state index contributed by atoms with van der Waals surface area (Å²) < 4.78 is 10.3. The summed E-state index contributed by atoms with van der Waals surface area (Å²) in [6.45, 7) is 1.62. The molecule has 1 amide bonds. The van der Waals surface area contributed by atoms with E-state index in [4.69, 9.17) is 32.7 Å². The normalized spacial score (nSPS) is 18.1. The summed E-state index contributed by atoms with van der Waals surface area (Å²) in [5.74, 6) is 0.206. The Balaban J connectivity index is 0.00000200.